The van der Waals surface area contributed by atoms with Crippen molar-refractivity contribution < 1.29 is 9.53 Å². The Morgan fingerprint density at radius 1 is 1.16 bits per heavy atom. The zero-order chi connectivity index (χ0) is 21.8. The Balaban J connectivity index is 1.54. The molecular weight excluding hydrogens is 396 g/mol. The standard InChI is InChI=1S/C22H26N6O3/c1-22(2)14-28(16-7-10-27-18(12-16)24-25(3)21(27)30)19-17(31-22)11-15(13-23-19)20(29)26-8-5-4-6-9-26/h7,10-13H,4-6,8-9,14H2,1-3H3. The molecule has 0 bridgehead atoms. The van der Waals surface area contributed by atoms with Crippen molar-refractivity contribution in [3.63, 3.8) is 0 Å². The normalized spacial score (nSPS) is 18.0. The number of carbonyl (C=O) groups excluding carboxylic acids is 1. The first-order valence-electron chi connectivity index (χ1n) is 10.6. The smallest absolute Gasteiger partial charge is 0.350 e. The van der Waals surface area contributed by atoms with Crippen LogP contribution in [0.15, 0.2) is 35.4 Å². The lowest BCUT2D eigenvalue weighted by atomic mass is 10.1. The average molecular weight is 422 g/mol. The minimum absolute atomic E-state index is 0.00260. The van der Waals surface area contributed by atoms with E-state index in [1.807, 2.05) is 35.8 Å². The molecule has 3 aromatic rings. The van der Waals surface area contributed by atoms with Gasteiger partial charge in [-0.3, -0.25) is 9.20 Å². The third-order valence-corrected chi connectivity index (χ3v) is 5.87. The summed E-state index contributed by atoms with van der Waals surface area (Å²) in [7, 11) is 1.63. The minimum atomic E-state index is -0.489. The molecule has 1 fully saturated rings. The van der Waals surface area contributed by atoms with Crippen molar-refractivity contribution in [3.05, 3.63) is 46.6 Å². The summed E-state index contributed by atoms with van der Waals surface area (Å²) < 4.78 is 9.03. The van der Waals surface area contributed by atoms with Gasteiger partial charge in [-0.2, -0.15) is 5.10 Å². The number of hydrogen-bond acceptors (Lipinski definition) is 6. The van der Waals surface area contributed by atoms with Crippen LogP contribution in [-0.4, -0.2) is 55.2 Å². The van der Waals surface area contributed by atoms with Crippen molar-refractivity contribution in [1.29, 1.82) is 0 Å². The first-order valence-corrected chi connectivity index (χ1v) is 10.6. The van der Waals surface area contributed by atoms with Gasteiger partial charge in [0.25, 0.3) is 5.91 Å². The second-order valence-corrected chi connectivity index (χ2v) is 8.87. The van der Waals surface area contributed by atoms with Crippen LogP contribution in [0.5, 0.6) is 5.75 Å². The number of likely N-dealkylation sites (tertiary alicyclic amines) is 1. The molecule has 31 heavy (non-hydrogen) atoms. The van der Waals surface area contributed by atoms with E-state index in [0.717, 1.165) is 31.6 Å². The summed E-state index contributed by atoms with van der Waals surface area (Å²) in [6.45, 7) is 6.16. The van der Waals surface area contributed by atoms with Crippen molar-refractivity contribution in [3.8, 4) is 5.75 Å². The molecule has 162 valence electrons. The number of aryl methyl sites for hydroxylation is 1. The van der Waals surface area contributed by atoms with Gasteiger partial charge in [-0.15, -0.1) is 0 Å². The van der Waals surface area contributed by atoms with Crippen LogP contribution >= 0.6 is 0 Å². The van der Waals surface area contributed by atoms with E-state index < -0.39 is 5.60 Å². The number of piperidine rings is 1. The number of rotatable bonds is 2. The molecule has 5 rings (SSSR count). The molecular formula is C22H26N6O3. The van der Waals surface area contributed by atoms with Crippen molar-refractivity contribution in [2.45, 2.75) is 38.7 Å². The number of pyridine rings is 2. The molecule has 0 N–H and O–H groups in total. The second kappa shape index (κ2) is 7.11. The van der Waals surface area contributed by atoms with E-state index >= 15 is 0 Å². The highest BCUT2D eigenvalue weighted by Gasteiger charge is 2.34. The third-order valence-electron chi connectivity index (χ3n) is 5.87. The summed E-state index contributed by atoms with van der Waals surface area (Å²) in [6.07, 6.45) is 6.61. The van der Waals surface area contributed by atoms with E-state index in [0.29, 0.717) is 29.3 Å². The van der Waals surface area contributed by atoms with Gasteiger partial charge in [0, 0.05) is 44.3 Å². The zero-order valence-electron chi connectivity index (χ0n) is 18.0. The van der Waals surface area contributed by atoms with Gasteiger partial charge in [0.15, 0.2) is 17.2 Å². The minimum Gasteiger partial charge on any atom is -0.482 e. The van der Waals surface area contributed by atoms with E-state index in [2.05, 4.69) is 10.1 Å². The predicted molar refractivity (Wildman–Crippen MR) is 116 cm³/mol. The van der Waals surface area contributed by atoms with Gasteiger partial charge >= 0.3 is 5.69 Å². The summed E-state index contributed by atoms with van der Waals surface area (Å²) >= 11 is 0. The monoisotopic (exact) mass is 422 g/mol. The van der Waals surface area contributed by atoms with Crippen molar-refractivity contribution in [1.82, 2.24) is 24.1 Å². The number of hydrogen-bond donors (Lipinski definition) is 0. The number of anilines is 2. The molecule has 0 spiro atoms. The fourth-order valence-corrected chi connectivity index (χ4v) is 4.35. The molecule has 9 nitrogen and oxygen atoms in total. The van der Waals surface area contributed by atoms with Gasteiger partial charge in [0.2, 0.25) is 0 Å². The number of amides is 1. The summed E-state index contributed by atoms with van der Waals surface area (Å²) in [5.74, 6) is 1.23. The molecule has 9 heteroatoms. The highest BCUT2D eigenvalue weighted by atomic mass is 16.5. The van der Waals surface area contributed by atoms with E-state index in [1.54, 1.807) is 25.5 Å². The lowest BCUT2D eigenvalue weighted by Crippen LogP contribution is -2.45. The maximum absolute atomic E-state index is 13.0. The molecule has 0 aliphatic carbocycles. The zero-order valence-corrected chi connectivity index (χ0v) is 18.0. The molecule has 1 saturated heterocycles. The molecule has 0 unspecified atom stereocenters. The quantitative estimate of drug-likeness (QED) is 0.630. The summed E-state index contributed by atoms with van der Waals surface area (Å²) in [6, 6.07) is 5.54. The van der Waals surface area contributed by atoms with Crippen LogP contribution in [0, 0.1) is 0 Å². The first-order chi connectivity index (χ1) is 14.8. The van der Waals surface area contributed by atoms with Gasteiger partial charge in [-0.25, -0.2) is 14.5 Å². The number of nitrogens with zero attached hydrogens (tertiary/aromatic N) is 6. The summed E-state index contributed by atoms with van der Waals surface area (Å²) in [5.41, 5.74) is 1.29. The van der Waals surface area contributed by atoms with Crippen LogP contribution in [0.3, 0.4) is 0 Å². The van der Waals surface area contributed by atoms with Gasteiger partial charge in [-0.1, -0.05) is 0 Å². The van der Waals surface area contributed by atoms with Gasteiger partial charge in [0.05, 0.1) is 12.1 Å². The van der Waals surface area contributed by atoms with Crippen LogP contribution in [0.4, 0.5) is 11.5 Å². The molecule has 1 amide bonds. The molecule has 0 atom stereocenters. The highest BCUT2D eigenvalue weighted by molar-refractivity contribution is 5.95. The van der Waals surface area contributed by atoms with Crippen LogP contribution in [0.25, 0.3) is 5.65 Å². The summed E-state index contributed by atoms with van der Waals surface area (Å²) in [4.78, 5) is 33.6. The third kappa shape index (κ3) is 3.43. The number of ether oxygens (including phenoxy) is 1. The van der Waals surface area contributed by atoms with Crippen LogP contribution in [0.2, 0.25) is 0 Å². The van der Waals surface area contributed by atoms with Gasteiger partial charge in [-0.05, 0) is 45.2 Å². The fraction of sp³-hybridized carbons (Fsp3) is 0.455. The summed E-state index contributed by atoms with van der Waals surface area (Å²) in [5, 5.41) is 4.29. The molecule has 0 saturated carbocycles. The Labute approximate surface area is 179 Å². The van der Waals surface area contributed by atoms with Crippen LogP contribution in [-0.2, 0) is 7.05 Å². The Kier molecular flexibility index (Phi) is 4.49. The molecule has 2 aliphatic rings. The molecule has 2 aliphatic heterocycles. The van der Waals surface area contributed by atoms with E-state index in [4.69, 9.17) is 4.74 Å². The van der Waals surface area contributed by atoms with Crippen molar-refractivity contribution >= 4 is 23.1 Å². The van der Waals surface area contributed by atoms with Gasteiger partial charge in [0.1, 0.15) is 5.60 Å². The predicted octanol–water partition coefficient (Wildman–Crippen LogP) is 2.36. The van der Waals surface area contributed by atoms with Gasteiger partial charge < -0.3 is 14.5 Å². The van der Waals surface area contributed by atoms with Crippen molar-refractivity contribution in [2.24, 2.45) is 7.05 Å². The van der Waals surface area contributed by atoms with E-state index in [9.17, 15) is 9.59 Å². The molecule has 3 aromatic heterocycles. The maximum atomic E-state index is 13.0. The average Bonchev–Trinajstić information content (AvgIpc) is 3.05. The van der Waals surface area contributed by atoms with E-state index in [-0.39, 0.29) is 11.6 Å². The Hall–Kier alpha value is -3.36. The Morgan fingerprint density at radius 2 is 1.94 bits per heavy atom. The first kappa shape index (κ1) is 19.6. The second-order valence-electron chi connectivity index (χ2n) is 8.87. The van der Waals surface area contributed by atoms with Crippen LogP contribution in [0.1, 0.15) is 43.5 Å². The maximum Gasteiger partial charge on any atom is 0.350 e. The number of aromatic nitrogens is 4. The number of carbonyl (C=O) groups is 1. The molecule has 0 radical (unpaired) electrons. The largest absolute Gasteiger partial charge is 0.482 e. The molecule has 5 heterocycles. The highest BCUT2D eigenvalue weighted by Crippen LogP contribution is 2.40. The van der Waals surface area contributed by atoms with E-state index in [1.165, 1.54) is 15.5 Å². The fourth-order valence-electron chi connectivity index (χ4n) is 4.35. The lowest BCUT2D eigenvalue weighted by Gasteiger charge is -2.40. The van der Waals surface area contributed by atoms with Crippen molar-refractivity contribution in [2.75, 3.05) is 24.5 Å². The number of fused-ring (bicyclic) bond motifs is 2. The SMILES string of the molecule is Cn1nc2cc(N3CC(C)(C)Oc4cc(C(=O)N5CCCCC5)cnc43)ccn2c1=O. The Morgan fingerprint density at radius 3 is 2.71 bits per heavy atom. The topological polar surface area (TPSA) is 85.0 Å². The molecule has 0 aromatic carbocycles. The lowest BCUT2D eigenvalue weighted by molar-refractivity contribution is 0.0720. The van der Waals surface area contributed by atoms with Crippen LogP contribution < -0.4 is 15.3 Å². The Bertz CT molecular complexity index is 1220.